The number of rotatable bonds is 4. The largest absolute Gasteiger partial charge is 0.353 e. The van der Waals surface area contributed by atoms with E-state index in [1.54, 1.807) is 0 Å². The van der Waals surface area contributed by atoms with E-state index in [4.69, 9.17) is 0 Å². The van der Waals surface area contributed by atoms with Crippen molar-refractivity contribution in [1.29, 1.82) is 0 Å². The van der Waals surface area contributed by atoms with Crippen LogP contribution in [0.25, 0.3) is 0 Å². The summed E-state index contributed by atoms with van der Waals surface area (Å²) in [6, 6.07) is 7.08. The molecule has 3 nitrogen and oxygen atoms in total. The smallest absolute Gasteiger partial charge is 0.224 e. The molecular weight excluding hydrogens is 315 g/mol. The highest BCUT2D eigenvalue weighted by molar-refractivity contribution is 5.79. The van der Waals surface area contributed by atoms with Crippen LogP contribution in [-0.4, -0.2) is 29.9 Å². The van der Waals surface area contributed by atoms with Crippen LogP contribution < -0.4 is 5.32 Å². The topological polar surface area (TPSA) is 32.3 Å². The van der Waals surface area contributed by atoms with Gasteiger partial charge in [-0.05, 0) is 49.9 Å². The first kappa shape index (κ1) is 18.4. The van der Waals surface area contributed by atoms with Crippen molar-refractivity contribution in [3.63, 3.8) is 0 Å². The summed E-state index contributed by atoms with van der Waals surface area (Å²) >= 11 is 0. The molecule has 3 rings (SSSR count). The van der Waals surface area contributed by atoms with E-state index in [2.05, 4.69) is 10.2 Å². The third-order valence-electron chi connectivity index (χ3n) is 5.65. The van der Waals surface area contributed by atoms with E-state index >= 15 is 0 Å². The Hall–Kier alpha value is -1.42. The second kappa shape index (κ2) is 9.33. The maximum absolute atomic E-state index is 13.0. The van der Waals surface area contributed by atoms with E-state index in [1.165, 1.54) is 44.2 Å². The summed E-state index contributed by atoms with van der Waals surface area (Å²) in [5, 5.41) is 3.33. The van der Waals surface area contributed by atoms with Crippen LogP contribution >= 0.6 is 0 Å². The average molecular weight is 346 g/mol. The molecule has 1 atom stereocenters. The van der Waals surface area contributed by atoms with Gasteiger partial charge in [0.15, 0.2) is 0 Å². The van der Waals surface area contributed by atoms with E-state index in [9.17, 15) is 9.18 Å². The van der Waals surface area contributed by atoms with Crippen molar-refractivity contribution >= 4 is 5.91 Å². The fourth-order valence-electron chi connectivity index (χ4n) is 4.18. The van der Waals surface area contributed by atoms with Gasteiger partial charge in [-0.3, -0.25) is 9.69 Å². The molecule has 138 valence electrons. The van der Waals surface area contributed by atoms with E-state index in [-0.39, 0.29) is 17.6 Å². The number of hydrogen-bond acceptors (Lipinski definition) is 2. The third kappa shape index (κ3) is 5.81. The Balaban J connectivity index is 1.49. The molecule has 1 aliphatic carbocycles. The zero-order valence-corrected chi connectivity index (χ0v) is 15.2. The lowest BCUT2D eigenvalue weighted by Crippen LogP contribution is -2.45. The molecule has 1 saturated carbocycles. The Morgan fingerprint density at radius 3 is 2.40 bits per heavy atom. The van der Waals surface area contributed by atoms with Crippen molar-refractivity contribution in [2.24, 2.45) is 5.92 Å². The number of amides is 1. The summed E-state index contributed by atoms with van der Waals surface area (Å²) in [7, 11) is 0. The number of carbonyl (C=O) groups excluding carboxylic acids is 1. The fraction of sp³-hybridized carbons (Fsp3) is 0.667. The van der Waals surface area contributed by atoms with Crippen LogP contribution in [-0.2, 0) is 11.3 Å². The lowest BCUT2D eigenvalue weighted by molar-refractivity contribution is -0.127. The second-order valence-electron chi connectivity index (χ2n) is 7.75. The highest BCUT2D eigenvalue weighted by Crippen LogP contribution is 2.21. The molecule has 0 unspecified atom stereocenters. The molecule has 0 radical (unpaired) electrons. The molecular formula is C21H31FN2O. The van der Waals surface area contributed by atoms with Gasteiger partial charge in [-0.25, -0.2) is 4.39 Å². The standard InChI is InChI=1S/C21H31FN2O/c22-19-12-10-17(11-13-19)15-24-14-6-7-18(16-24)21(25)23-20-8-4-2-1-3-5-9-20/h10-13,18,20H,1-9,14-16H2,(H,23,25)/t18-/m0/s1. The van der Waals surface area contributed by atoms with Gasteiger partial charge >= 0.3 is 0 Å². The lowest BCUT2D eigenvalue weighted by Gasteiger charge is -2.33. The third-order valence-corrected chi connectivity index (χ3v) is 5.65. The summed E-state index contributed by atoms with van der Waals surface area (Å²) in [5.41, 5.74) is 1.11. The number of halogens is 1. The second-order valence-corrected chi connectivity index (χ2v) is 7.75. The Labute approximate surface area is 151 Å². The normalized spacial score (nSPS) is 23.6. The SMILES string of the molecule is O=C(NC1CCCCCCC1)[C@H]1CCCN(Cc2ccc(F)cc2)C1. The zero-order valence-electron chi connectivity index (χ0n) is 15.2. The predicted octanol–water partition coefficient (Wildman–Crippen LogP) is 4.27. The molecule has 1 N–H and O–H groups in total. The molecule has 1 aromatic carbocycles. The summed E-state index contributed by atoms with van der Waals surface area (Å²) < 4.78 is 13.0. The van der Waals surface area contributed by atoms with Gasteiger partial charge in [0.05, 0.1) is 5.92 Å². The molecule has 1 saturated heterocycles. The van der Waals surface area contributed by atoms with Crippen LogP contribution in [0, 0.1) is 11.7 Å². The van der Waals surface area contributed by atoms with Gasteiger partial charge in [-0.1, -0.05) is 44.2 Å². The number of likely N-dealkylation sites (tertiary alicyclic amines) is 1. The average Bonchev–Trinajstić information content (AvgIpc) is 2.59. The van der Waals surface area contributed by atoms with Crippen molar-refractivity contribution in [3.05, 3.63) is 35.6 Å². The summed E-state index contributed by atoms with van der Waals surface area (Å²) in [6.45, 7) is 2.63. The minimum atomic E-state index is -0.196. The first-order valence-corrected chi connectivity index (χ1v) is 9.98. The predicted molar refractivity (Wildman–Crippen MR) is 98.7 cm³/mol. The van der Waals surface area contributed by atoms with Crippen molar-refractivity contribution in [2.75, 3.05) is 13.1 Å². The molecule has 1 aliphatic heterocycles. The number of piperidine rings is 1. The maximum Gasteiger partial charge on any atom is 0.224 e. The van der Waals surface area contributed by atoms with Gasteiger partial charge in [-0.15, -0.1) is 0 Å². The molecule has 25 heavy (non-hydrogen) atoms. The monoisotopic (exact) mass is 346 g/mol. The van der Waals surface area contributed by atoms with Gasteiger partial charge in [-0.2, -0.15) is 0 Å². The van der Waals surface area contributed by atoms with Crippen molar-refractivity contribution < 1.29 is 9.18 Å². The molecule has 2 fully saturated rings. The molecule has 2 aliphatic rings. The zero-order chi connectivity index (χ0) is 17.5. The van der Waals surface area contributed by atoms with Gasteiger partial charge in [0.1, 0.15) is 5.82 Å². The van der Waals surface area contributed by atoms with Crippen LogP contribution in [0.5, 0.6) is 0 Å². The quantitative estimate of drug-likeness (QED) is 0.883. The lowest BCUT2D eigenvalue weighted by atomic mass is 9.93. The maximum atomic E-state index is 13.0. The highest BCUT2D eigenvalue weighted by atomic mass is 19.1. The number of benzene rings is 1. The molecule has 0 bridgehead atoms. The summed E-state index contributed by atoms with van der Waals surface area (Å²) in [5.74, 6) is 0.146. The number of nitrogens with zero attached hydrogens (tertiary/aromatic N) is 1. The first-order chi connectivity index (χ1) is 12.2. The van der Waals surface area contributed by atoms with Gasteiger partial charge in [0.25, 0.3) is 0 Å². The number of carbonyl (C=O) groups is 1. The van der Waals surface area contributed by atoms with Crippen LogP contribution in [0.4, 0.5) is 4.39 Å². The Bertz CT molecular complexity index is 537. The molecule has 1 aromatic rings. The number of hydrogen-bond donors (Lipinski definition) is 1. The van der Waals surface area contributed by atoms with Gasteiger partial charge in [0.2, 0.25) is 5.91 Å². The van der Waals surface area contributed by atoms with E-state index < -0.39 is 0 Å². The summed E-state index contributed by atoms with van der Waals surface area (Å²) in [4.78, 5) is 15.1. The van der Waals surface area contributed by atoms with Crippen LogP contribution in [0.1, 0.15) is 63.4 Å². The summed E-state index contributed by atoms with van der Waals surface area (Å²) in [6.07, 6.45) is 10.8. The van der Waals surface area contributed by atoms with Crippen molar-refractivity contribution in [2.45, 2.75) is 70.4 Å². The fourth-order valence-corrected chi connectivity index (χ4v) is 4.18. The minimum Gasteiger partial charge on any atom is -0.353 e. The first-order valence-electron chi connectivity index (χ1n) is 9.98. The minimum absolute atomic E-state index is 0.0969. The highest BCUT2D eigenvalue weighted by Gasteiger charge is 2.27. The van der Waals surface area contributed by atoms with Gasteiger partial charge in [0, 0.05) is 19.1 Å². The van der Waals surface area contributed by atoms with E-state index in [1.807, 2.05) is 12.1 Å². The molecule has 0 spiro atoms. The van der Waals surface area contributed by atoms with Crippen LogP contribution in [0.3, 0.4) is 0 Å². The van der Waals surface area contributed by atoms with Gasteiger partial charge < -0.3 is 5.32 Å². The van der Waals surface area contributed by atoms with Crippen molar-refractivity contribution in [1.82, 2.24) is 10.2 Å². The van der Waals surface area contributed by atoms with Crippen molar-refractivity contribution in [3.8, 4) is 0 Å². The molecule has 1 heterocycles. The Kier molecular flexibility index (Phi) is 6.85. The molecule has 0 aromatic heterocycles. The van der Waals surface area contributed by atoms with E-state index in [0.29, 0.717) is 6.04 Å². The molecule has 1 amide bonds. The Morgan fingerprint density at radius 1 is 1.00 bits per heavy atom. The van der Waals surface area contributed by atoms with Crippen LogP contribution in [0.15, 0.2) is 24.3 Å². The van der Waals surface area contributed by atoms with Crippen LogP contribution in [0.2, 0.25) is 0 Å². The Morgan fingerprint density at radius 2 is 1.68 bits per heavy atom. The number of nitrogens with one attached hydrogen (secondary N) is 1. The van der Waals surface area contributed by atoms with E-state index in [0.717, 1.165) is 50.9 Å². The molecule has 4 heteroatoms.